The molecule has 5 heteroatoms. The number of carbonyl (C=O) groups is 2. The lowest BCUT2D eigenvalue weighted by atomic mass is 10.1. The van der Waals surface area contributed by atoms with Crippen LogP contribution in [-0.4, -0.2) is 22.0 Å². The summed E-state index contributed by atoms with van der Waals surface area (Å²) in [7, 11) is 0. The van der Waals surface area contributed by atoms with E-state index < -0.39 is 5.97 Å². The maximum absolute atomic E-state index is 11.5. The monoisotopic (exact) mass is 222 g/mol. The van der Waals surface area contributed by atoms with E-state index in [0.717, 1.165) is 6.42 Å². The topological polar surface area (TPSA) is 79.3 Å². The largest absolute Gasteiger partial charge is 0.478 e. The van der Waals surface area contributed by atoms with Crippen molar-refractivity contribution >= 4 is 17.6 Å². The average Bonchev–Trinajstić information content (AvgIpc) is 2.28. The number of carbonyl (C=O) groups excluding carboxylic acids is 1. The van der Waals surface area contributed by atoms with Gasteiger partial charge in [0, 0.05) is 12.1 Å². The molecule has 0 fully saturated rings. The van der Waals surface area contributed by atoms with E-state index in [9.17, 15) is 9.59 Å². The number of amides is 1. The summed E-state index contributed by atoms with van der Waals surface area (Å²) in [6.07, 6.45) is 3.39. The molecule has 0 aliphatic rings. The van der Waals surface area contributed by atoms with Gasteiger partial charge >= 0.3 is 5.97 Å². The molecular weight excluding hydrogens is 208 g/mol. The molecular formula is C11H14N2O3. The van der Waals surface area contributed by atoms with Crippen LogP contribution in [0.15, 0.2) is 18.5 Å². The number of rotatable bonds is 4. The number of carboxylic acid groups (broad SMARTS) is 1. The summed E-state index contributed by atoms with van der Waals surface area (Å²) in [5.41, 5.74) is 0.465. The summed E-state index contributed by atoms with van der Waals surface area (Å²) >= 11 is 0. The quantitative estimate of drug-likeness (QED) is 0.813. The Hall–Kier alpha value is -1.91. The van der Waals surface area contributed by atoms with Crippen LogP contribution in [0.25, 0.3) is 0 Å². The van der Waals surface area contributed by atoms with Crippen LogP contribution in [0.3, 0.4) is 0 Å². The van der Waals surface area contributed by atoms with E-state index in [1.165, 1.54) is 18.5 Å². The van der Waals surface area contributed by atoms with E-state index in [0.29, 0.717) is 5.69 Å². The van der Waals surface area contributed by atoms with Crippen LogP contribution in [0.5, 0.6) is 0 Å². The first-order valence-corrected chi connectivity index (χ1v) is 5.03. The second kappa shape index (κ2) is 5.25. The highest BCUT2D eigenvalue weighted by Gasteiger charge is 2.11. The van der Waals surface area contributed by atoms with Crippen molar-refractivity contribution in [2.45, 2.75) is 20.3 Å². The minimum absolute atomic E-state index is 0.0574. The van der Waals surface area contributed by atoms with E-state index >= 15 is 0 Å². The van der Waals surface area contributed by atoms with Gasteiger partial charge in [-0.05, 0) is 12.5 Å². The number of pyridine rings is 1. The number of hydrogen-bond acceptors (Lipinski definition) is 3. The molecule has 1 unspecified atom stereocenters. The molecule has 0 aromatic carbocycles. The van der Waals surface area contributed by atoms with Crippen molar-refractivity contribution in [3.05, 3.63) is 24.0 Å². The normalized spacial score (nSPS) is 11.9. The molecule has 5 nitrogen and oxygen atoms in total. The predicted octanol–water partition coefficient (Wildman–Crippen LogP) is 1.76. The molecule has 86 valence electrons. The molecule has 16 heavy (non-hydrogen) atoms. The van der Waals surface area contributed by atoms with Crippen molar-refractivity contribution in [2.75, 3.05) is 5.32 Å². The first-order valence-electron chi connectivity index (χ1n) is 5.03. The van der Waals surface area contributed by atoms with Crippen LogP contribution in [0, 0.1) is 5.92 Å². The average molecular weight is 222 g/mol. The molecule has 0 radical (unpaired) electrons. The van der Waals surface area contributed by atoms with E-state index in [-0.39, 0.29) is 17.4 Å². The van der Waals surface area contributed by atoms with Gasteiger partial charge in [0.1, 0.15) is 0 Å². The summed E-state index contributed by atoms with van der Waals surface area (Å²) < 4.78 is 0. The van der Waals surface area contributed by atoms with Crippen LogP contribution in [-0.2, 0) is 4.79 Å². The maximum Gasteiger partial charge on any atom is 0.337 e. The van der Waals surface area contributed by atoms with Gasteiger partial charge < -0.3 is 10.4 Å². The highest BCUT2D eigenvalue weighted by molar-refractivity contribution is 5.94. The summed E-state index contributed by atoms with van der Waals surface area (Å²) in [5, 5.41) is 11.4. The second-order valence-electron chi connectivity index (χ2n) is 3.57. The van der Waals surface area contributed by atoms with E-state index in [4.69, 9.17) is 5.11 Å². The first-order chi connectivity index (χ1) is 7.54. The van der Waals surface area contributed by atoms with Gasteiger partial charge in [-0.15, -0.1) is 0 Å². The Labute approximate surface area is 93.5 Å². The summed E-state index contributed by atoms with van der Waals surface area (Å²) in [6, 6.07) is 1.38. The van der Waals surface area contributed by atoms with Gasteiger partial charge in [0.25, 0.3) is 0 Å². The Morgan fingerprint density at radius 1 is 1.50 bits per heavy atom. The summed E-state index contributed by atoms with van der Waals surface area (Å²) in [5.74, 6) is -1.30. The van der Waals surface area contributed by atoms with E-state index in [1.54, 1.807) is 0 Å². The molecule has 2 N–H and O–H groups in total. The molecule has 1 rings (SSSR count). The number of anilines is 1. The number of hydrogen-bond donors (Lipinski definition) is 2. The van der Waals surface area contributed by atoms with Gasteiger partial charge in [-0.3, -0.25) is 9.78 Å². The van der Waals surface area contributed by atoms with Crippen LogP contribution in [0.2, 0.25) is 0 Å². The van der Waals surface area contributed by atoms with Crippen molar-refractivity contribution in [1.29, 1.82) is 0 Å². The van der Waals surface area contributed by atoms with Gasteiger partial charge in [0.2, 0.25) is 5.91 Å². The van der Waals surface area contributed by atoms with Gasteiger partial charge in [-0.2, -0.15) is 0 Å². The number of carboxylic acids is 1. The highest BCUT2D eigenvalue weighted by Crippen LogP contribution is 2.11. The zero-order chi connectivity index (χ0) is 12.1. The van der Waals surface area contributed by atoms with Crippen LogP contribution >= 0.6 is 0 Å². The molecule has 1 aromatic rings. The number of nitrogens with zero attached hydrogens (tertiary/aromatic N) is 1. The van der Waals surface area contributed by atoms with E-state index in [1.807, 2.05) is 13.8 Å². The Morgan fingerprint density at radius 2 is 2.19 bits per heavy atom. The smallest absolute Gasteiger partial charge is 0.337 e. The van der Waals surface area contributed by atoms with Gasteiger partial charge in [-0.1, -0.05) is 13.8 Å². The third-order valence-corrected chi connectivity index (χ3v) is 2.31. The lowest BCUT2D eigenvalue weighted by Gasteiger charge is -2.09. The highest BCUT2D eigenvalue weighted by atomic mass is 16.4. The molecule has 0 bridgehead atoms. The predicted molar refractivity (Wildman–Crippen MR) is 59.3 cm³/mol. The molecule has 1 aromatic heterocycles. The minimum Gasteiger partial charge on any atom is -0.478 e. The Morgan fingerprint density at radius 3 is 2.75 bits per heavy atom. The number of aromatic nitrogens is 1. The molecule has 0 saturated carbocycles. The lowest BCUT2D eigenvalue weighted by Crippen LogP contribution is -2.19. The van der Waals surface area contributed by atoms with Gasteiger partial charge in [-0.25, -0.2) is 4.79 Å². The zero-order valence-electron chi connectivity index (χ0n) is 9.23. The molecule has 1 atom stereocenters. The fourth-order valence-electron chi connectivity index (χ4n) is 1.08. The van der Waals surface area contributed by atoms with Crippen molar-refractivity contribution in [3.63, 3.8) is 0 Å². The van der Waals surface area contributed by atoms with Crippen LogP contribution in [0.4, 0.5) is 5.69 Å². The second-order valence-corrected chi connectivity index (χ2v) is 3.57. The Kier molecular flexibility index (Phi) is 3.99. The molecule has 1 heterocycles. The molecule has 0 saturated heterocycles. The third-order valence-electron chi connectivity index (χ3n) is 2.31. The fourth-order valence-corrected chi connectivity index (χ4v) is 1.08. The first kappa shape index (κ1) is 12.2. The molecule has 1 amide bonds. The standard InChI is InChI=1S/C11H14N2O3/c1-3-7(2)10(14)13-9-4-8(11(15)16)5-12-6-9/h4-7H,3H2,1-2H3,(H,13,14)(H,15,16). The van der Waals surface area contributed by atoms with Gasteiger partial charge in [0.15, 0.2) is 0 Å². The van der Waals surface area contributed by atoms with Crippen molar-refractivity contribution in [2.24, 2.45) is 5.92 Å². The van der Waals surface area contributed by atoms with Crippen molar-refractivity contribution in [3.8, 4) is 0 Å². The van der Waals surface area contributed by atoms with Crippen molar-refractivity contribution in [1.82, 2.24) is 4.98 Å². The van der Waals surface area contributed by atoms with Crippen LogP contribution < -0.4 is 5.32 Å². The SMILES string of the molecule is CCC(C)C(=O)Nc1cncc(C(=O)O)c1. The number of nitrogens with one attached hydrogen (secondary N) is 1. The molecule has 0 spiro atoms. The van der Waals surface area contributed by atoms with Gasteiger partial charge in [0.05, 0.1) is 17.4 Å². The third kappa shape index (κ3) is 3.05. The maximum atomic E-state index is 11.5. The van der Waals surface area contributed by atoms with Crippen LogP contribution in [0.1, 0.15) is 30.6 Å². The molecule has 0 aliphatic carbocycles. The molecule has 0 aliphatic heterocycles. The summed E-state index contributed by atoms with van der Waals surface area (Å²) in [4.78, 5) is 26.0. The minimum atomic E-state index is -1.06. The zero-order valence-corrected chi connectivity index (χ0v) is 9.23. The lowest BCUT2D eigenvalue weighted by molar-refractivity contribution is -0.119. The fraction of sp³-hybridized carbons (Fsp3) is 0.364. The van der Waals surface area contributed by atoms with Crippen molar-refractivity contribution < 1.29 is 14.7 Å². The summed E-state index contributed by atoms with van der Waals surface area (Å²) in [6.45, 7) is 3.72. The van der Waals surface area contributed by atoms with E-state index in [2.05, 4.69) is 10.3 Å². The Bertz CT molecular complexity index is 404. The Balaban J connectivity index is 2.78. The number of aromatic carboxylic acids is 1.